The van der Waals surface area contributed by atoms with Crippen molar-refractivity contribution in [3.63, 3.8) is 0 Å². The Morgan fingerprint density at radius 3 is 1.41 bits per heavy atom. The van der Waals surface area contributed by atoms with Crippen LogP contribution in [0, 0.1) is 0 Å². The van der Waals surface area contributed by atoms with Crippen LogP contribution in [0.25, 0.3) is 0 Å². The van der Waals surface area contributed by atoms with Gasteiger partial charge in [0.2, 0.25) is 0 Å². The number of allylic oxidation sites excluding steroid dienone is 10. The predicted molar refractivity (Wildman–Crippen MR) is 164 cm³/mol. The van der Waals surface area contributed by atoms with Crippen molar-refractivity contribution in [1.82, 2.24) is 0 Å². The van der Waals surface area contributed by atoms with Crippen LogP contribution >= 0.6 is 0 Å². The van der Waals surface area contributed by atoms with Gasteiger partial charge in [0.1, 0.15) is 0 Å². The molecule has 1 N–H and O–H groups in total. The van der Waals surface area contributed by atoms with Gasteiger partial charge in [-0.1, -0.05) is 70.7 Å². The minimum atomic E-state index is -3.68. The number of hydrogen-bond donors (Lipinski definition) is 1. The fourth-order valence-electron chi connectivity index (χ4n) is 4.07. The lowest BCUT2D eigenvalue weighted by atomic mass is 10.0. The maximum atomic E-state index is 13.1. The van der Waals surface area contributed by atoms with Gasteiger partial charge in [-0.25, -0.2) is 8.42 Å². The minimum absolute atomic E-state index is 0.0167. The molecule has 0 aromatic rings. The molecule has 0 aromatic heterocycles. The Kier molecular flexibility index (Phi) is 17.7. The van der Waals surface area contributed by atoms with Gasteiger partial charge in [-0.05, 0) is 119 Å². The number of sulfone groups is 1. The summed E-state index contributed by atoms with van der Waals surface area (Å²) in [6.45, 7) is 18.6. The standard InChI is InChI=1S/C33H56O3S/c1-10-25-37(35,36)33(34,26-32(9)22-14-20-30(7)18-12-16-28(4)5)24-23-31(8)21-13-19-29(6)17-11-15-27(2)3/h15-16,19-20,23,26,34H,10-14,17-18,21-22,24-25H2,1-9H3. The van der Waals surface area contributed by atoms with E-state index in [0.29, 0.717) is 6.42 Å². The van der Waals surface area contributed by atoms with Crippen molar-refractivity contribution in [3.05, 3.63) is 69.9 Å². The van der Waals surface area contributed by atoms with Crippen LogP contribution in [0.2, 0.25) is 0 Å². The molecule has 0 radical (unpaired) electrons. The summed E-state index contributed by atoms with van der Waals surface area (Å²) in [5.41, 5.74) is 7.44. The molecule has 0 rings (SSSR count). The highest BCUT2D eigenvalue weighted by Crippen LogP contribution is 2.27. The van der Waals surface area contributed by atoms with E-state index >= 15 is 0 Å². The van der Waals surface area contributed by atoms with Gasteiger partial charge < -0.3 is 5.11 Å². The molecule has 0 spiro atoms. The van der Waals surface area contributed by atoms with Crippen LogP contribution in [0.5, 0.6) is 0 Å². The minimum Gasteiger partial charge on any atom is -0.371 e. The third-order valence-corrected chi connectivity index (χ3v) is 8.78. The Bertz CT molecular complexity index is 963. The summed E-state index contributed by atoms with van der Waals surface area (Å²) in [7, 11) is -3.68. The summed E-state index contributed by atoms with van der Waals surface area (Å²) in [4.78, 5) is -1.85. The molecule has 0 aromatic carbocycles. The van der Waals surface area contributed by atoms with Crippen molar-refractivity contribution in [3.8, 4) is 0 Å². The Morgan fingerprint density at radius 2 is 1.00 bits per heavy atom. The monoisotopic (exact) mass is 532 g/mol. The molecule has 37 heavy (non-hydrogen) atoms. The van der Waals surface area contributed by atoms with E-state index in [1.54, 1.807) is 6.08 Å². The van der Waals surface area contributed by atoms with E-state index in [0.717, 1.165) is 62.5 Å². The van der Waals surface area contributed by atoms with E-state index in [1.165, 1.54) is 22.3 Å². The molecule has 1 atom stereocenters. The zero-order valence-corrected chi connectivity index (χ0v) is 26.2. The lowest BCUT2D eigenvalue weighted by Crippen LogP contribution is -2.38. The van der Waals surface area contributed by atoms with E-state index in [1.807, 2.05) is 26.8 Å². The molecular weight excluding hydrogens is 476 g/mol. The Morgan fingerprint density at radius 1 is 0.622 bits per heavy atom. The highest BCUT2D eigenvalue weighted by molar-refractivity contribution is 7.92. The van der Waals surface area contributed by atoms with Gasteiger partial charge in [-0.2, -0.15) is 0 Å². The van der Waals surface area contributed by atoms with Crippen molar-refractivity contribution in [1.29, 1.82) is 0 Å². The molecule has 0 bridgehead atoms. The topological polar surface area (TPSA) is 54.4 Å². The largest absolute Gasteiger partial charge is 0.371 e. The Labute approximate surface area is 230 Å². The molecule has 212 valence electrons. The molecule has 3 nitrogen and oxygen atoms in total. The van der Waals surface area contributed by atoms with Crippen molar-refractivity contribution >= 4 is 9.84 Å². The molecule has 0 aliphatic carbocycles. The van der Waals surface area contributed by atoms with E-state index in [4.69, 9.17) is 0 Å². The van der Waals surface area contributed by atoms with E-state index in [2.05, 4.69) is 65.8 Å². The lowest BCUT2D eigenvalue weighted by Gasteiger charge is -2.25. The van der Waals surface area contributed by atoms with Crippen LogP contribution in [0.4, 0.5) is 0 Å². The zero-order valence-electron chi connectivity index (χ0n) is 25.4. The van der Waals surface area contributed by atoms with Crippen LogP contribution in [-0.4, -0.2) is 24.2 Å². The van der Waals surface area contributed by atoms with Crippen molar-refractivity contribution in [2.24, 2.45) is 0 Å². The second-order valence-electron chi connectivity index (χ2n) is 11.2. The number of aliphatic hydroxyl groups is 1. The average molecular weight is 533 g/mol. The third kappa shape index (κ3) is 16.7. The summed E-state index contributed by atoms with van der Waals surface area (Å²) in [6.07, 6.45) is 20.7. The Balaban J connectivity index is 5.29. The van der Waals surface area contributed by atoms with Crippen LogP contribution in [0.3, 0.4) is 0 Å². The van der Waals surface area contributed by atoms with Gasteiger partial charge in [-0.3, -0.25) is 0 Å². The van der Waals surface area contributed by atoms with Gasteiger partial charge in [0, 0.05) is 6.42 Å². The number of rotatable bonds is 18. The molecule has 1 unspecified atom stereocenters. The highest BCUT2D eigenvalue weighted by Gasteiger charge is 2.38. The molecule has 0 heterocycles. The molecule has 0 saturated heterocycles. The Hall–Kier alpha value is -1.65. The first kappa shape index (κ1) is 35.4. The summed E-state index contributed by atoms with van der Waals surface area (Å²) in [5, 5.41) is 11.4. The maximum Gasteiger partial charge on any atom is 0.188 e. The fraction of sp³-hybridized carbons (Fsp3) is 0.636. The van der Waals surface area contributed by atoms with Crippen LogP contribution in [0.1, 0.15) is 127 Å². The van der Waals surface area contributed by atoms with Gasteiger partial charge in [-0.15, -0.1) is 0 Å². The van der Waals surface area contributed by atoms with Crippen LogP contribution < -0.4 is 0 Å². The summed E-state index contributed by atoms with van der Waals surface area (Å²) in [6, 6.07) is 0. The van der Waals surface area contributed by atoms with Crippen molar-refractivity contribution in [2.45, 2.75) is 131 Å². The SMILES string of the molecule is CCCS(=O)(=O)C(O)(C=C(C)CCC=C(C)CCC=C(C)C)CC=C(C)CCC=C(C)CCC=C(C)C. The highest BCUT2D eigenvalue weighted by atomic mass is 32.2. The smallest absolute Gasteiger partial charge is 0.188 e. The molecule has 0 saturated carbocycles. The fourth-order valence-corrected chi connectivity index (χ4v) is 5.68. The average Bonchev–Trinajstić information content (AvgIpc) is 2.77. The summed E-state index contributed by atoms with van der Waals surface area (Å²) in [5.74, 6) is -0.0167. The summed E-state index contributed by atoms with van der Waals surface area (Å²) >= 11 is 0. The van der Waals surface area contributed by atoms with Crippen molar-refractivity contribution in [2.75, 3.05) is 5.75 Å². The quantitative estimate of drug-likeness (QED) is 0.179. The number of hydrogen-bond acceptors (Lipinski definition) is 3. The molecule has 0 fully saturated rings. The first-order valence-electron chi connectivity index (χ1n) is 14.1. The van der Waals surface area contributed by atoms with Crippen LogP contribution in [0.15, 0.2) is 69.9 Å². The second kappa shape index (κ2) is 18.6. The van der Waals surface area contributed by atoms with Gasteiger partial charge in [0.05, 0.1) is 5.75 Å². The van der Waals surface area contributed by atoms with E-state index in [-0.39, 0.29) is 12.2 Å². The third-order valence-electron chi connectivity index (χ3n) is 6.47. The normalized spacial score (nSPS) is 15.4. The van der Waals surface area contributed by atoms with Crippen molar-refractivity contribution < 1.29 is 13.5 Å². The predicted octanol–water partition coefficient (Wildman–Crippen LogP) is 9.73. The first-order valence-corrected chi connectivity index (χ1v) is 15.7. The maximum absolute atomic E-state index is 13.1. The lowest BCUT2D eigenvalue weighted by molar-refractivity contribution is 0.175. The molecule has 0 amide bonds. The van der Waals surface area contributed by atoms with Gasteiger partial charge in [0.25, 0.3) is 0 Å². The van der Waals surface area contributed by atoms with Gasteiger partial charge >= 0.3 is 0 Å². The van der Waals surface area contributed by atoms with E-state index < -0.39 is 14.8 Å². The van der Waals surface area contributed by atoms with Crippen LogP contribution in [-0.2, 0) is 9.84 Å². The summed E-state index contributed by atoms with van der Waals surface area (Å²) < 4.78 is 26.1. The zero-order chi connectivity index (χ0) is 28.5. The molecule has 0 aliphatic heterocycles. The molecule has 0 aliphatic rings. The second-order valence-corrected chi connectivity index (χ2v) is 13.6. The molecule has 4 heteroatoms. The first-order chi connectivity index (χ1) is 17.2. The molecular formula is C33H56O3S. The van der Waals surface area contributed by atoms with E-state index in [9.17, 15) is 13.5 Å². The van der Waals surface area contributed by atoms with Gasteiger partial charge in [0.15, 0.2) is 14.8 Å².